The lowest BCUT2D eigenvalue weighted by atomic mass is 10.0. The lowest BCUT2D eigenvalue weighted by Gasteiger charge is -2.16. The molecule has 0 bridgehead atoms. The van der Waals surface area contributed by atoms with E-state index in [0.29, 0.717) is 18.9 Å². The summed E-state index contributed by atoms with van der Waals surface area (Å²) in [5.74, 6) is 1.22. The molecule has 9 heteroatoms. The fourth-order valence-electron chi connectivity index (χ4n) is 3.80. The van der Waals surface area contributed by atoms with Gasteiger partial charge in [0.2, 0.25) is 0 Å². The van der Waals surface area contributed by atoms with E-state index in [1.54, 1.807) is 0 Å². The van der Waals surface area contributed by atoms with Crippen LogP contribution in [0, 0.1) is 0 Å². The average Bonchev–Trinajstić information content (AvgIpc) is 3.23. The molecule has 0 amide bonds. The predicted molar refractivity (Wildman–Crippen MR) is 127 cm³/mol. The number of benzene rings is 1. The number of rotatable bonds is 8. The molecule has 32 heavy (non-hydrogen) atoms. The molecule has 1 aromatic carbocycles. The molecule has 2 aromatic heterocycles. The minimum atomic E-state index is -2.41. The first-order chi connectivity index (χ1) is 15.5. The Morgan fingerprint density at radius 1 is 1.34 bits per heavy atom. The van der Waals surface area contributed by atoms with Crippen molar-refractivity contribution in [3.8, 4) is 0 Å². The number of hydrogen-bond donors (Lipinski definition) is 2. The van der Waals surface area contributed by atoms with Gasteiger partial charge in [-0.05, 0) is 35.6 Å². The Hall–Kier alpha value is -2.88. The van der Waals surface area contributed by atoms with Gasteiger partial charge >= 0.3 is 0 Å². The van der Waals surface area contributed by atoms with E-state index in [-0.39, 0.29) is 0 Å². The molecule has 4 rings (SSSR count). The van der Waals surface area contributed by atoms with Gasteiger partial charge in [0, 0.05) is 37.4 Å². The summed E-state index contributed by atoms with van der Waals surface area (Å²) in [7, 11) is 0. The van der Waals surface area contributed by atoms with Crippen LogP contribution in [0.25, 0.3) is 11.2 Å². The normalized spacial score (nSPS) is 15.4. The first-order valence-corrected chi connectivity index (χ1v) is 11.8. The third kappa shape index (κ3) is 5.29. The quantitative estimate of drug-likeness (QED) is 0.402. The van der Waals surface area contributed by atoms with E-state index >= 15 is 0 Å². The van der Waals surface area contributed by atoms with Crippen molar-refractivity contribution >= 4 is 34.5 Å². The van der Waals surface area contributed by atoms with Gasteiger partial charge in [0.15, 0.2) is 5.65 Å². The summed E-state index contributed by atoms with van der Waals surface area (Å²) in [6, 6.07) is 10.1. The van der Waals surface area contributed by atoms with Crippen LogP contribution < -0.4 is 10.6 Å². The Kier molecular flexibility index (Phi) is 7.09. The van der Waals surface area contributed by atoms with Crippen molar-refractivity contribution in [2.75, 3.05) is 18.4 Å². The standard InChI is InChI=1S/C23H28N6O2S/c1-16(2)20-15-26-29-22(13-21(28-23(20)29)19-7-9-24-10-8-19)25-14-18-5-3-4-17(12-18)6-11-27-32(30)31/h3-5,7,11-13,15-16,24-25H,6,8-10,14H2,1-2H3,(H,30,31)/p-1. The van der Waals surface area contributed by atoms with Crippen molar-refractivity contribution in [2.45, 2.75) is 39.2 Å². The zero-order valence-electron chi connectivity index (χ0n) is 18.2. The van der Waals surface area contributed by atoms with Crippen LogP contribution in [-0.4, -0.2) is 42.7 Å². The number of nitrogens with zero attached hydrogens (tertiary/aromatic N) is 4. The summed E-state index contributed by atoms with van der Waals surface area (Å²) in [6.07, 6.45) is 6.92. The van der Waals surface area contributed by atoms with E-state index in [9.17, 15) is 8.76 Å². The van der Waals surface area contributed by atoms with Crippen molar-refractivity contribution in [3.63, 3.8) is 0 Å². The topological polar surface area (TPSA) is 107 Å². The Morgan fingerprint density at radius 2 is 2.19 bits per heavy atom. The molecule has 0 aliphatic carbocycles. The van der Waals surface area contributed by atoms with Crippen LogP contribution >= 0.6 is 0 Å². The van der Waals surface area contributed by atoms with Gasteiger partial charge in [-0.15, -0.1) is 0 Å². The lowest BCUT2D eigenvalue weighted by Crippen LogP contribution is -2.20. The van der Waals surface area contributed by atoms with Gasteiger partial charge in [-0.25, -0.2) is 9.38 Å². The SMILES string of the molecule is CC(C)c1cnn2c(NCc3cccc(CC=NS(=O)[O-])c3)cc(C3=CCNCC3)nc12. The molecule has 1 aliphatic heterocycles. The smallest absolute Gasteiger partial charge is 0.161 e. The molecule has 3 heterocycles. The van der Waals surface area contributed by atoms with Crippen LogP contribution in [-0.2, 0) is 24.2 Å². The summed E-state index contributed by atoms with van der Waals surface area (Å²) >= 11 is -2.41. The molecule has 1 atom stereocenters. The van der Waals surface area contributed by atoms with Crippen LogP contribution in [0.1, 0.15) is 48.6 Å². The Bertz CT molecular complexity index is 1180. The Balaban J connectivity index is 1.61. The largest absolute Gasteiger partial charge is 0.754 e. The molecule has 3 aromatic rings. The predicted octanol–water partition coefficient (Wildman–Crippen LogP) is 3.25. The third-order valence-electron chi connectivity index (χ3n) is 5.47. The molecular weight excluding hydrogens is 424 g/mol. The highest BCUT2D eigenvalue weighted by atomic mass is 32.2. The molecule has 1 aliphatic rings. The molecule has 0 spiro atoms. The minimum absolute atomic E-state index is 0.326. The second-order valence-corrected chi connectivity index (χ2v) is 8.73. The summed E-state index contributed by atoms with van der Waals surface area (Å²) < 4.78 is 26.4. The minimum Gasteiger partial charge on any atom is -0.754 e. The van der Waals surface area contributed by atoms with E-state index in [1.165, 1.54) is 11.8 Å². The highest BCUT2D eigenvalue weighted by Crippen LogP contribution is 2.27. The number of anilines is 1. The molecule has 8 nitrogen and oxygen atoms in total. The lowest BCUT2D eigenvalue weighted by molar-refractivity contribution is 0.539. The van der Waals surface area contributed by atoms with Crippen molar-refractivity contribution in [1.29, 1.82) is 0 Å². The van der Waals surface area contributed by atoms with Gasteiger partial charge in [0.25, 0.3) is 0 Å². The van der Waals surface area contributed by atoms with Crippen molar-refractivity contribution < 1.29 is 8.76 Å². The van der Waals surface area contributed by atoms with Gasteiger partial charge in [-0.3, -0.25) is 4.21 Å². The van der Waals surface area contributed by atoms with E-state index in [4.69, 9.17) is 4.98 Å². The van der Waals surface area contributed by atoms with E-state index in [2.05, 4.69) is 46.1 Å². The van der Waals surface area contributed by atoms with Gasteiger partial charge in [0.05, 0.1) is 23.2 Å². The summed E-state index contributed by atoms with van der Waals surface area (Å²) in [6.45, 7) is 6.72. The maximum Gasteiger partial charge on any atom is 0.161 e. The first kappa shape index (κ1) is 22.3. The molecule has 0 fully saturated rings. The fourth-order valence-corrected chi connectivity index (χ4v) is 3.99. The van der Waals surface area contributed by atoms with Gasteiger partial charge in [-0.2, -0.15) is 9.61 Å². The van der Waals surface area contributed by atoms with Crippen molar-refractivity contribution in [3.05, 3.63) is 65.0 Å². The molecule has 0 saturated carbocycles. The number of fused-ring (bicyclic) bond motifs is 1. The van der Waals surface area contributed by atoms with Gasteiger partial charge in [0.1, 0.15) is 5.82 Å². The van der Waals surface area contributed by atoms with Crippen LogP contribution in [0.4, 0.5) is 5.82 Å². The van der Waals surface area contributed by atoms with E-state index in [1.807, 2.05) is 35.0 Å². The van der Waals surface area contributed by atoms with Crippen LogP contribution in [0.5, 0.6) is 0 Å². The van der Waals surface area contributed by atoms with Crippen molar-refractivity contribution in [1.82, 2.24) is 19.9 Å². The Morgan fingerprint density at radius 3 is 2.94 bits per heavy atom. The van der Waals surface area contributed by atoms with E-state index in [0.717, 1.165) is 53.4 Å². The Labute approximate surface area is 190 Å². The summed E-state index contributed by atoms with van der Waals surface area (Å²) in [5, 5.41) is 11.5. The molecular formula is C23H27N6O2S-. The van der Waals surface area contributed by atoms with Crippen molar-refractivity contribution in [2.24, 2.45) is 4.40 Å². The number of nitrogens with one attached hydrogen (secondary N) is 2. The molecule has 2 N–H and O–H groups in total. The highest BCUT2D eigenvalue weighted by Gasteiger charge is 2.16. The zero-order valence-corrected chi connectivity index (χ0v) is 19.1. The van der Waals surface area contributed by atoms with Gasteiger partial charge in [-0.1, -0.05) is 44.2 Å². The maximum atomic E-state index is 10.6. The van der Waals surface area contributed by atoms with Crippen LogP contribution in [0.15, 0.2) is 47.0 Å². The second kappa shape index (κ2) is 10.2. The molecule has 168 valence electrons. The van der Waals surface area contributed by atoms with Gasteiger partial charge < -0.3 is 15.2 Å². The fraction of sp³-hybridized carbons (Fsp3) is 0.348. The molecule has 1 unspecified atom stereocenters. The number of aromatic nitrogens is 3. The average molecular weight is 452 g/mol. The zero-order chi connectivity index (χ0) is 22.5. The first-order valence-electron chi connectivity index (χ1n) is 10.7. The summed E-state index contributed by atoms with van der Waals surface area (Å²) in [4.78, 5) is 4.96. The molecule has 0 radical (unpaired) electrons. The third-order valence-corrected chi connectivity index (χ3v) is 5.79. The summed E-state index contributed by atoms with van der Waals surface area (Å²) in [5.41, 5.74) is 6.33. The second-order valence-electron chi connectivity index (χ2n) is 8.08. The number of hydrogen-bond acceptors (Lipinski definition) is 6. The monoisotopic (exact) mass is 451 g/mol. The maximum absolute atomic E-state index is 10.6. The van der Waals surface area contributed by atoms with Crippen LogP contribution in [0.3, 0.4) is 0 Å². The highest BCUT2D eigenvalue weighted by molar-refractivity contribution is 7.77. The molecule has 0 saturated heterocycles. The van der Waals surface area contributed by atoms with E-state index < -0.39 is 11.3 Å². The van der Waals surface area contributed by atoms with Crippen LogP contribution in [0.2, 0.25) is 0 Å².